The van der Waals surface area contributed by atoms with E-state index in [1.54, 1.807) is 0 Å². The van der Waals surface area contributed by atoms with Crippen molar-refractivity contribution in [1.82, 2.24) is 0 Å². The minimum Gasteiger partial charge on any atom is -0.508 e. The molecule has 1 N–H and O–H groups in total. The molecule has 0 amide bonds. The van der Waals surface area contributed by atoms with Gasteiger partial charge in [-0.1, -0.05) is 47.6 Å². The summed E-state index contributed by atoms with van der Waals surface area (Å²) in [6.07, 6.45) is 2.16. The summed E-state index contributed by atoms with van der Waals surface area (Å²) < 4.78 is 0. The summed E-state index contributed by atoms with van der Waals surface area (Å²) in [6.45, 7) is 13.3. The van der Waals surface area contributed by atoms with Crippen molar-refractivity contribution in [3.8, 4) is 5.75 Å². The molecule has 0 spiro atoms. The maximum absolute atomic E-state index is 10.1. The first-order chi connectivity index (χ1) is 8.32. The molecule has 0 radical (unpaired) electrons. The lowest BCUT2D eigenvalue weighted by Crippen LogP contribution is -2.08. The van der Waals surface area contributed by atoms with Crippen molar-refractivity contribution < 1.29 is 5.11 Å². The Morgan fingerprint density at radius 2 is 1.44 bits per heavy atom. The fraction of sp³-hybridized carbons (Fsp3) is 0.647. The van der Waals surface area contributed by atoms with Gasteiger partial charge in [0.2, 0.25) is 0 Å². The van der Waals surface area contributed by atoms with Gasteiger partial charge in [0.1, 0.15) is 5.75 Å². The second kappa shape index (κ2) is 6.26. The Morgan fingerprint density at radius 1 is 0.889 bits per heavy atom. The van der Waals surface area contributed by atoms with Gasteiger partial charge in [-0.3, -0.25) is 0 Å². The van der Waals surface area contributed by atoms with E-state index in [-0.39, 0.29) is 0 Å². The van der Waals surface area contributed by atoms with E-state index in [0.29, 0.717) is 23.5 Å². The number of phenols is 1. The lowest BCUT2D eigenvalue weighted by Gasteiger charge is -2.21. The predicted octanol–water partition coefficient (Wildman–Crippen LogP) is 4.91. The molecular formula is C17H28O. The molecule has 0 unspecified atom stereocenters. The molecular weight excluding hydrogens is 220 g/mol. The third-order valence-electron chi connectivity index (χ3n) is 3.25. The van der Waals surface area contributed by atoms with Crippen molar-refractivity contribution in [3.63, 3.8) is 0 Å². The first-order valence-corrected chi connectivity index (χ1v) is 7.16. The van der Waals surface area contributed by atoms with E-state index in [1.807, 2.05) is 6.07 Å². The van der Waals surface area contributed by atoms with E-state index in [1.165, 1.54) is 11.1 Å². The molecule has 1 heteroatoms. The molecule has 0 atom stereocenters. The van der Waals surface area contributed by atoms with Crippen molar-refractivity contribution in [2.24, 2.45) is 11.8 Å². The molecule has 0 heterocycles. The molecule has 0 saturated heterocycles. The minimum atomic E-state index is 0.380. The first-order valence-electron chi connectivity index (χ1n) is 7.16. The van der Waals surface area contributed by atoms with E-state index in [2.05, 4.69) is 47.6 Å². The van der Waals surface area contributed by atoms with Gasteiger partial charge in [-0.15, -0.1) is 0 Å². The summed E-state index contributed by atoms with van der Waals surface area (Å²) in [4.78, 5) is 0. The zero-order valence-corrected chi connectivity index (χ0v) is 12.7. The van der Waals surface area contributed by atoms with Crippen LogP contribution in [0.1, 0.15) is 64.2 Å². The molecule has 0 aromatic heterocycles. The fourth-order valence-corrected chi connectivity index (χ4v) is 2.62. The maximum atomic E-state index is 10.1. The second-order valence-electron chi connectivity index (χ2n) is 6.49. The van der Waals surface area contributed by atoms with E-state index in [9.17, 15) is 5.11 Å². The van der Waals surface area contributed by atoms with Crippen LogP contribution in [0.15, 0.2) is 12.1 Å². The van der Waals surface area contributed by atoms with Crippen LogP contribution >= 0.6 is 0 Å². The zero-order chi connectivity index (χ0) is 13.9. The van der Waals surface area contributed by atoms with Crippen LogP contribution in [-0.2, 0) is 12.8 Å². The largest absolute Gasteiger partial charge is 0.508 e. The fourth-order valence-electron chi connectivity index (χ4n) is 2.62. The number of hydrogen-bond acceptors (Lipinski definition) is 1. The third-order valence-corrected chi connectivity index (χ3v) is 3.25. The maximum Gasteiger partial charge on any atom is 0.119 e. The average molecular weight is 248 g/mol. The van der Waals surface area contributed by atoms with Gasteiger partial charge in [-0.25, -0.2) is 0 Å². The molecule has 1 aromatic rings. The Kier molecular flexibility index (Phi) is 5.25. The summed E-state index contributed by atoms with van der Waals surface area (Å²) in [5, 5.41) is 10.1. The molecule has 18 heavy (non-hydrogen) atoms. The van der Waals surface area contributed by atoms with Gasteiger partial charge < -0.3 is 5.11 Å². The minimum absolute atomic E-state index is 0.380. The van der Waals surface area contributed by atoms with Crippen LogP contribution in [0.2, 0.25) is 0 Å². The van der Waals surface area contributed by atoms with Crippen LogP contribution in [0, 0.1) is 11.8 Å². The van der Waals surface area contributed by atoms with E-state index in [0.717, 1.165) is 18.4 Å². The number of phenolic OH excluding ortho intramolecular Hbond substituents is 1. The number of benzene rings is 1. The smallest absolute Gasteiger partial charge is 0.119 e. The van der Waals surface area contributed by atoms with Crippen LogP contribution in [0.5, 0.6) is 5.75 Å². The second-order valence-corrected chi connectivity index (χ2v) is 6.49. The summed E-state index contributed by atoms with van der Waals surface area (Å²) in [7, 11) is 0. The average Bonchev–Trinajstić information content (AvgIpc) is 2.20. The van der Waals surface area contributed by atoms with Gasteiger partial charge in [0.05, 0.1) is 0 Å². The molecule has 0 aliphatic rings. The number of rotatable bonds is 5. The quantitative estimate of drug-likeness (QED) is 0.784. The van der Waals surface area contributed by atoms with Crippen LogP contribution in [-0.4, -0.2) is 5.11 Å². The molecule has 0 bridgehead atoms. The van der Waals surface area contributed by atoms with Gasteiger partial charge in [-0.05, 0) is 53.4 Å². The zero-order valence-electron chi connectivity index (χ0n) is 12.7. The molecule has 1 rings (SSSR count). The van der Waals surface area contributed by atoms with Gasteiger partial charge in [0.15, 0.2) is 0 Å². The highest BCUT2D eigenvalue weighted by atomic mass is 16.3. The third kappa shape index (κ3) is 3.76. The van der Waals surface area contributed by atoms with E-state index < -0.39 is 0 Å². The van der Waals surface area contributed by atoms with Crippen LogP contribution < -0.4 is 0 Å². The molecule has 0 aliphatic carbocycles. The summed E-state index contributed by atoms with van der Waals surface area (Å²) in [6, 6.07) is 3.98. The first kappa shape index (κ1) is 15.1. The molecule has 1 nitrogen and oxygen atoms in total. The number of aromatic hydroxyl groups is 1. The van der Waals surface area contributed by atoms with Crippen molar-refractivity contribution >= 4 is 0 Å². The monoisotopic (exact) mass is 248 g/mol. The van der Waals surface area contributed by atoms with Gasteiger partial charge in [0, 0.05) is 0 Å². The Balaban J connectivity index is 3.29. The summed E-state index contributed by atoms with van der Waals surface area (Å²) in [5.41, 5.74) is 3.95. The predicted molar refractivity (Wildman–Crippen MR) is 79.3 cm³/mol. The molecule has 102 valence electrons. The highest BCUT2D eigenvalue weighted by molar-refractivity contribution is 5.46. The summed E-state index contributed by atoms with van der Waals surface area (Å²) >= 11 is 0. The Morgan fingerprint density at radius 3 is 1.89 bits per heavy atom. The van der Waals surface area contributed by atoms with Gasteiger partial charge in [-0.2, -0.15) is 0 Å². The van der Waals surface area contributed by atoms with Crippen LogP contribution in [0.25, 0.3) is 0 Å². The highest BCUT2D eigenvalue weighted by Crippen LogP contribution is 2.33. The number of hydrogen-bond donors (Lipinski definition) is 1. The van der Waals surface area contributed by atoms with E-state index in [4.69, 9.17) is 0 Å². The molecule has 0 aliphatic heterocycles. The van der Waals surface area contributed by atoms with Gasteiger partial charge >= 0.3 is 0 Å². The lowest BCUT2D eigenvalue weighted by molar-refractivity contribution is 0.461. The summed E-state index contributed by atoms with van der Waals surface area (Å²) in [5.74, 6) is 2.12. The van der Waals surface area contributed by atoms with E-state index >= 15 is 0 Å². The van der Waals surface area contributed by atoms with Crippen LogP contribution in [0.3, 0.4) is 0 Å². The lowest BCUT2D eigenvalue weighted by atomic mass is 9.85. The molecule has 0 saturated carbocycles. The van der Waals surface area contributed by atoms with Crippen molar-refractivity contribution in [1.29, 1.82) is 0 Å². The SMILES string of the molecule is CC(C)Cc1ccc(O)c(C(C)C)c1CC(C)C. The van der Waals surface area contributed by atoms with Crippen LogP contribution in [0.4, 0.5) is 0 Å². The Hall–Kier alpha value is -0.980. The van der Waals surface area contributed by atoms with Gasteiger partial charge in [0.25, 0.3) is 0 Å². The normalized spacial score (nSPS) is 11.8. The highest BCUT2D eigenvalue weighted by Gasteiger charge is 2.17. The van der Waals surface area contributed by atoms with Crippen molar-refractivity contribution in [3.05, 3.63) is 28.8 Å². The van der Waals surface area contributed by atoms with Crippen molar-refractivity contribution in [2.75, 3.05) is 0 Å². The van der Waals surface area contributed by atoms with Crippen molar-refractivity contribution in [2.45, 2.75) is 60.3 Å². The molecule has 0 fully saturated rings. The Bertz CT molecular complexity index is 389. The Labute approximate surface area is 112 Å². The topological polar surface area (TPSA) is 20.2 Å². The standard InChI is InChI=1S/C17H28O/c1-11(2)9-14-7-8-16(18)17(13(5)6)15(14)10-12(3)4/h7-8,11-13,18H,9-10H2,1-6H3. The molecule has 1 aromatic carbocycles.